The maximum Gasteiger partial charge on any atom is 0.190 e. The Morgan fingerprint density at radius 1 is 1.16 bits per heavy atom. The predicted octanol–water partition coefficient (Wildman–Crippen LogP) is 2.71. The number of hydrogen-bond acceptors (Lipinski definition) is 5. The van der Waals surface area contributed by atoms with Crippen LogP contribution in [0.4, 0.5) is 10.1 Å². The number of ether oxygens (including phenoxy) is 2. The van der Waals surface area contributed by atoms with Crippen molar-refractivity contribution in [2.24, 2.45) is 4.99 Å². The van der Waals surface area contributed by atoms with Crippen LogP contribution < -0.4 is 15.5 Å². The molecular weight excluding hydrogens is 524 g/mol. The van der Waals surface area contributed by atoms with E-state index in [2.05, 4.69) is 25.4 Å². The number of rotatable bonds is 11. The van der Waals surface area contributed by atoms with Crippen LogP contribution in [0, 0.1) is 5.82 Å². The Labute approximate surface area is 209 Å². The van der Waals surface area contributed by atoms with Crippen LogP contribution in [0.2, 0.25) is 0 Å². The molecule has 0 saturated carbocycles. The van der Waals surface area contributed by atoms with Gasteiger partial charge in [-0.1, -0.05) is 12.1 Å². The summed E-state index contributed by atoms with van der Waals surface area (Å²) in [5, 5.41) is 6.72. The number of benzene rings is 1. The van der Waals surface area contributed by atoms with Crippen LogP contribution in [-0.4, -0.2) is 89.6 Å². The molecule has 0 aromatic heterocycles. The van der Waals surface area contributed by atoms with E-state index in [1.54, 1.807) is 13.1 Å². The second-order valence-corrected chi connectivity index (χ2v) is 8.12. The van der Waals surface area contributed by atoms with E-state index in [1.165, 1.54) is 6.07 Å². The van der Waals surface area contributed by atoms with Crippen LogP contribution in [0.1, 0.15) is 25.7 Å². The maximum atomic E-state index is 13.9. The first-order valence-corrected chi connectivity index (χ1v) is 11.6. The Morgan fingerprint density at radius 3 is 2.59 bits per heavy atom. The molecule has 0 aliphatic carbocycles. The minimum Gasteiger partial charge on any atom is -0.379 e. The van der Waals surface area contributed by atoms with E-state index in [4.69, 9.17) is 9.47 Å². The summed E-state index contributed by atoms with van der Waals surface area (Å²) in [6.07, 6.45) is 4.56. The quantitative estimate of drug-likeness (QED) is 0.187. The van der Waals surface area contributed by atoms with Gasteiger partial charge < -0.3 is 25.0 Å². The van der Waals surface area contributed by atoms with Crippen LogP contribution in [0.25, 0.3) is 0 Å². The standard InChI is InChI=1S/C23H38FN5O2.HI/c1-25-23(27-11-6-17-30-19-20-7-4-18-31-20)26-10-5-12-28-13-15-29(16-14-28)22-9-3-2-8-21(22)24;/h2-3,8-9,20H,4-7,10-19H2,1H3,(H2,25,26,27);1H. The van der Waals surface area contributed by atoms with Gasteiger partial charge in [-0.15, -0.1) is 24.0 Å². The van der Waals surface area contributed by atoms with Gasteiger partial charge in [0.05, 0.1) is 18.4 Å². The van der Waals surface area contributed by atoms with E-state index >= 15 is 0 Å². The number of nitrogens with zero attached hydrogens (tertiary/aromatic N) is 3. The number of para-hydroxylation sites is 1. The third-order valence-electron chi connectivity index (χ3n) is 5.82. The fourth-order valence-electron chi connectivity index (χ4n) is 4.02. The topological polar surface area (TPSA) is 61.4 Å². The van der Waals surface area contributed by atoms with Gasteiger partial charge in [0.15, 0.2) is 5.96 Å². The predicted molar refractivity (Wildman–Crippen MR) is 139 cm³/mol. The van der Waals surface area contributed by atoms with Crippen molar-refractivity contribution in [1.82, 2.24) is 15.5 Å². The van der Waals surface area contributed by atoms with Crippen molar-refractivity contribution in [3.05, 3.63) is 30.1 Å². The van der Waals surface area contributed by atoms with Gasteiger partial charge in [-0.3, -0.25) is 9.89 Å². The third-order valence-corrected chi connectivity index (χ3v) is 5.82. The number of guanidine groups is 1. The van der Waals surface area contributed by atoms with Gasteiger partial charge in [-0.25, -0.2) is 4.39 Å². The molecule has 0 amide bonds. The molecule has 1 aromatic rings. The Hall–Kier alpha value is -1.17. The van der Waals surface area contributed by atoms with E-state index in [1.807, 2.05) is 12.1 Å². The number of aliphatic imine (C=N–C) groups is 1. The summed E-state index contributed by atoms with van der Waals surface area (Å²) in [7, 11) is 1.80. The molecule has 2 N–H and O–H groups in total. The molecule has 0 bridgehead atoms. The van der Waals surface area contributed by atoms with Crippen LogP contribution >= 0.6 is 24.0 Å². The molecular formula is C23H39FIN5O2. The molecule has 0 radical (unpaired) electrons. The fraction of sp³-hybridized carbons (Fsp3) is 0.696. The average molecular weight is 564 g/mol. The maximum absolute atomic E-state index is 13.9. The van der Waals surface area contributed by atoms with Crippen molar-refractivity contribution in [3.63, 3.8) is 0 Å². The molecule has 3 rings (SSSR count). The lowest BCUT2D eigenvalue weighted by atomic mass is 10.2. The Bertz CT molecular complexity index is 668. The van der Waals surface area contributed by atoms with Gasteiger partial charge in [0.25, 0.3) is 0 Å². The Kier molecular flexibility index (Phi) is 13.2. The second-order valence-electron chi connectivity index (χ2n) is 8.12. The van der Waals surface area contributed by atoms with Gasteiger partial charge in [-0.2, -0.15) is 0 Å². The van der Waals surface area contributed by atoms with Gasteiger partial charge in [0, 0.05) is 59.5 Å². The van der Waals surface area contributed by atoms with Crippen molar-refractivity contribution in [1.29, 1.82) is 0 Å². The highest BCUT2D eigenvalue weighted by Gasteiger charge is 2.19. The van der Waals surface area contributed by atoms with Crippen LogP contribution in [0.5, 0.6) is 0 Å². The molecule has 2 saturated heterocycles. The first-order chi connectivity index (χ1) is 15.3. The van der Waals surface area contributed by atoms with Gasteiger partial charge in [-0.05, 0) is 44.4 Å². The smallest absolute Gasteiger partial charge is 0.190 e. The van der Waals surface area contributed by atoms with Gasteiger partial charge >= 0.3 is 0 Å². The highest BCUT2D eigenvalue weighted by atomic mass is 127. The summed E-state index contributed by atoms with van der Waals surface area (Å²) in [6.45, 7) is 8.74. The molecule has 0 spiro atoms. The number of piperazine rings is 1. The third kappa shape index (κ3) is 9.36. The lowest BCUT2D eigenvalue weighted by Gasteiger charge is -2.36. The van der Waals surface area contributed by atoms with Gasteiger partial charge in [0.2, 0.25) is 0 Å². The van der Waals surface area contributed by atoms with Gasteiger partial charge in [0.1, 0.15) is 5.82 Å². The molecule has 1 unspecified atom stereocenters. The molecule has 2 fully saturated rings. The molecule has 182 valence electrons. The zero-order valence-electron chi connectivity index (χ0n) is 19.2. The SMILES string of the molecule is CN=C(NCCCOCC1CCCO1)NCCCN1CCN(c2ccccc2F)CC1.I. The molecule has 2 aliphatic rings. The van der Waals surface area contributed by atoms with Crippen LogP contribution in [-0.2, 0) is 9.47 Å². The molecule has 7 nitrogen and oxygen atoms in total. The summed E-state index contributed by atoms with van der Waals surface area (Å²) >= 11 is 0. The lowest BCUT2D eigenvalue weighted by molar-refractivity contribution is 0.0168. The highest BCUT2D eigenvalue weighted by molar-refractivity contribution is 14.0. The molecule has 2 heterocycles. The fourth-order valence-corrected chi connectivity index (χ4v) is 4.02. The van der Waals surface area contributed by atoms with Crippen LogP contribution in [0.15, 0.2) is 29.3 Å². The second kappa shape index (κ2) is 15.6. The largest absolute Gasteiger partial charge is 0.379 e. The molecule has 1 atom stereocenters. The number of nitrogens with one attached hydrogen (secondary N) is 2. The first kappa shape index (κ1) is 27.1. The number of halogens is 2. The minimum atomic E-state index is -0.131. The van der Waals surface area contributed by atoms with E-state index in [-0.39, 0.29) is 29.8 Å². The van der Waals surface area contributed by atoms with E-state index < -0.39 is 0 Å². The lowest BCUT2D eigenvalue weighted by Crippen LogP contribution is -2.47. The number of hydrogen-bond donors (Lipinski definition) is 2. The van der Waals surface area contributed by atoms with Crippen molar-refractivity contribution < 1.29 is 13.9 Å². The van der Waals surface area contributed by atoms with Crippen molar-refractivity contribution >= 4 is 35.6 Å². The summed E-state index contributed by atoms with van der Waals surface area (Å²) < 4.78 is 25.2. The molecule has 9 heteroatoms. The zero-order chi connectivity index (χ0) is 21.7. The van der Waals surface area contributed by atoms with Crippen molar-refractivity contribution in [2.45, 2.75) is 31.8 Å². The number of anilines is 1. The summed E-state index contributed by atoms with van der Waals surface area (Å²) in [5.74, 6) is 0.705. The minimum absolute atomic E-state index is 0. The highest BCUT2D eigenvalue weighted by Crippen LogP contribution is 2.20. The monoisotopic (exact) mass is 563 g/mol. The Morgan fingerprint density at radius 2 is 1.91 bits per heavy atom. The summed E-state index contributed by atoms with van der Waals surface area (Å²) in [5.41, 5.74) is 0.718. The Balaban J connectivity index is 0.00000363. The molecule has 2 aliphatic heterocycles. The summed E-state index contributed by atoms with van der Waals surface area (Å²) in [6, 6.07) is 7.04. The first-order valence-electron chi connectivity index (χ1n) is 11.6. The van der Waals surface area contributed by atoms with E-state index in [9.17, 15) is 4.39 Å². The van der Waals surface area contributed by atoms with Crippen molar-refractivity contribution in [3.8, 4) is 0 Å². The normalized spacial score (nSPS) is 19.6. The van der Waals surface area contributed by atoms with E-state index in [0.29, 0.717) is 12.7 Å². The van der Waals surface area contributed by atoms with E-state index in [0.717, 1.165) is 96.4 Å². The van der Waals surface area contributed by atoms with Crippen LogP contribution in [0.3, 0.4) is 0 Å². The molecule has 32 heavy (non-hydrogen) atoms. The summed E-state index contributed by atoms with van der Waals surface area (Å²) in [4.78, 5) is 8.87. The van der Waals surface area contributed by atoms with Crippen molar-refractivity contribution in [2.75, 3.05) is 77.6 Å². The average Bonchev–Trinajstić information content (AvgIpc) is 3.32. The molecule has 1 aromatic carbocycles. The zero-order valence-corrected chi connectivity index (χ0v) is 21.6.